The molecular weight excluding hydrogens is 338 g/mol. The molecule has 3 aromatic carbocycles. The van der Waals surface area contributed by atoms with Crippen LogP contribution in [0.25, 0.3) is 11.1 Å². The summed E-state index contributed by atoms with van der Waals surface area (Å²) in [6.45, 7) is 0.859. The zero-order valence-corrected chi connectivity index (χ0v) is 14.9. The summed E-state index contributed by atoms with van der Waals surface area (Å²) in [6, 6.07) is 25.9. The van der Waals surface area contributed by atoms with E-state index in [-0.39, 0.29) is 12.0 Å². The monoisotopic (exact) mass is 359 g/mol. The van der Waals surface area contributed by atoms with Crippen molar-refractivity contribution in [1.82, 2.24) is 5.32 Å². The lowest BCUT2D eigenvalue weighted by atomic mass is 10.0. The number of amides is 1. The van der Waals surface area contributed by atoms with Crippen molar-refractivity contribution < 1.29 is 14.3 Å². The van der Waals surface area contributed by atoms with E-state index in [2.05, 4.69) is 17.4 Å². The van der Waals surface area contributed by atoms with E-state index in [9.17, 15) is 4.79 Å². The lowest BCUT2D eigenvalue weighted by Gasteiger charge is -2.26. The van der Waals surface area contributed by atoms with E-state index in [1.807, 2.05) is 66.7 Å². The molecule has 1 atom stereocenters. The summed E-state index contributed by atoms with van der Waals surface area (Å²) in [5, 5.41) is 2.93. The third-order valence-electron chi connectivity index (χ3n) is 4.52. The Balaban J connectivity index is 1.29. The summed E-state index contributed by atoms with van der Waals surface area (Å²) >= 11 is 0. The first-order chi connectivity index (χ1) is 13.3. The first-order valence-electron chi connectivity index (χ1n) is 9.07. The highest BCUT2D eigenvalue weighted by Gasteiger charge is 2.20. The molecule has 0 spiro atoms. The SMILES string of the molecule is O=C(Cc1ccc(-c2ccccc2)cc1)NCC1COc2ccccc2O1. The highest BCUT2D eigenvalue weighted by molar-refractivity contribution is 5.79. The standard InChI is InChI=1S/C23H21NO3/c25-23(24-15-20-16-26-21-8-4-5-9-22(21)27-20)14-17-10-12-19(13-11-17)18-6-2-1-3-7-18/h1-13,20H,14-16H2,(H,24,25). The van der Waals surface area contributed by atoms with Crippen molar-refractivity contribution in [2.24, 2.45) is 0 Å². The number of carbonyl (C=O) groups excluding carboxylic acids is 1. The Kier molecular flexibility index (Phi) is 5.06. The van der Waals surface area contributed by atoms with Crippen LogP contribution in [0.1, 0.15) is 5.56 Å². The lowest BCUT2D eigenvalue weighted by Crippen LogP contribution is -2.41. The van der Waals surface area contributed by atoms with Crippen LogP contribution in [0.15, 0.2) is 78.9 Å². The number of nitrogens with one attached hydrogen (secondary N) is 1. The van der Waals surface area contributed by atoms with Gasteiger partial charge in [0.25, 0.3) is 0 Å². The number of hydrogen-bond donors (Lipinski definition) is 1. The number of para-hydroxylation sites is 2. The van der Waals surface area contributed by atoms with Gasteiger partial charge in [-0.3, -0.25) is 4.79 Å². The van der Waals surface area contributed by atoms with Crippen LogP contribution in [0.2, 0.25) is 0 Å². The molecule has 0 saturated carbocycles. The van der Waals surface area contributed by atoms with Crippen LogP contribution in [0.3, 0.4) is 0 Å². The molecule has 0 saturated heterocycles. The van der Waals surface area contributed by atoms with Gasteiger partial charge in [0.05, 0.1) is 13.0 Å². The van der Waals surface area contributed by atoms with Crippen molar-refractivity contribution in [3.05, 3.63) is 84.4 Å². The smallest absolute Gasteiger partial charge is 0.224 e. The fraction of sp³-hybridized carbons (Fsp3) is 0.174. The van der Waals surface area contributed by atoms with E-state index < -0.39 is 0 Å². The first kappa shape index (κ1) is 17.2. The van der Waals surface area contributed by atoms with Gasteiger partial charge in [-0.25, -0.2) is 0 Å². The molecule has 0 fully saturated rings. The van der Waals surface area contributed by atoms with E-state index >= 15 is 0 Å². The predicted molar refractivity (Wildman–Crippen MR) is 105 cm³/mol. The summed E-state index contributed by atoms with van der Waals surface area (Å²) in [5.41, 5.74) is 3.30. The van der Waals surface area contributed by atoms with E-state index in [0.29, 0.717) is 19.6 Å². The molecule has 1 unspecified atom stereocenters. The van der Waals surface area contributed by atoms with Crippen molar-refractivity contribution in [3.8, 4) is 22.6 Å². The molecule has 4 heteroatoms. The van der Waals surface area contributed by atoms with Crippen LogP contribution in [0, 0.1) is 0 Å². The van der Waals surface area contributed by atoms with Gasteiger partial charge in [-0.1, -0.05) is 66.7 Å². The molecule has 4 nitrogen and oxygen atoms in total. The van der Waals surface area contributed by atoms with Crippen LogP contribution < -0.4 is 14.8 Å². The number of benzene rings is 3. The minimum Gasteiger partial charge on any atom is -0.486 e. The molecule has 0 aromatic heterocycles. The highest BCUT2D eigenvalue weighted by Crippen LogP contribution is 2.30. The van der Waals surface area contributed by atoms with E-state index in [4.69, 9.17) is 9.47 Å². The van der Waals surface area contributed by atoms with Gasteiger partial charge in [0.15, 0.2) is 11.5 Å². The third-order valence-corrected chi connectivity index (χ3v) is 4.52. The average molecular weight is 359 g/mol. The summed E-state index contributed by atoms with van der Waals surface area (Å²) < 4.78 is 11.5. The van der Waals surface area contributed by atoms with Gasteiger partial charge in [-0.05, 0) is 28.8 Å². The zero-order chi connectivity index (χ0) is 18.5. The summed E-state index contributed by atoms with van der Waals surface area (Å²) in [6.07, 6.45) is 0.170. The highest BCUT2D eigenvalue weighted by atomic mass is 16.6. The average Bonchev–Trinajstić information content (AvgIpc) is 2.73. The Labute approximate surface area is 158 Å². The van der Waals surface area contributed by atoms with Crippen LogP contribution in [0.4, 0.5) is 0 Å². The molecule has 136 valence electrons. The maximum absolute atomic E-state index is 12.2. The van der Waals surface area contributed by atoms with Crippen molar-refractivity contribution in [3.63, 3.8) is 0 Å². The van der Waals surface area contributed by atoms with Gasteiger partial charge in [-0.2, -0.15) is 0 Å². The van der Waals surface area contributed by atoms with Gasteiger partial charge in [0.2, 0.25) is 5.91 Å². The van der Waals surface area contributed by atoms with Gasteiger partial charge < -0.3 is 14.8 Å². The molecule has 27 heavy (non-hydrogen) atoms. The van der Waals surface area contributed by atoms with Crippen LogP contribution in [-0.2, 0) is 11.2 Å². The van der Waals surface area contributed by atoms with Crippen molar-refractivity contribution in [2.45, 2.75) is 12.5 Å². The minimum atomic E-state index is -0.177. The van der Waals surface area contributed by atoms with Crippen LogP contribution in [-0.4, -0.2) is 25.2 Å². The van der Waals surface area contributed by atoms with Crippen molar-refractivity contribution in [2.75, 3.05) is 13.2 Å². The Morgan fingerprint density at radius 3 is 2.30 bits per heavy atom. The van der Waals surface area contributed by atoms with Gasteiger partial charge in [0, 0.05) is 0 Å². The fourth-order valence-electron chi connectivity index (χ4n) is 3.08. The maximum atomic E-state index is 12.2. The molecule has 3 aromatic rings. The van der Waals surface area contributed by atoms with Gasteiger partial charge in [-0.15, -0.1) is 0 Å². The normalized spacial score (nSPS) is 15.2. The second-order valence-corrected chi connectivity index (χ2v) is 6.54. The van der Waals surface area contributed by atoms with E-state index in [1.54, 1.807) is 0 Å². The largest absolute Gasteiger partial charge is 0.486 e. The number of hydrogen-bond acceptors (Lipinski definition) is 3. The number of ether oxygens (including phenoxy) is 2. The summed E-state index contributed by atoms with van der Waals surface area (Å²) in [7, 11) is 0. The topological polar surface area (TPSA) is 47.6 Å². The Morgan fingerprint density at radius 1 is 0.852 bits per heavy atom. The summed E-state index contributed by atoms with van der Waals surface area (Å²) in [5.74, 6) is 1.45. The van der Waals surface area contributed by atoms with Crippen molar-refractivity contribution >= 4 is 5.91 Å². The second kappa shape index (κ2) is 7.96. The molecule has 0 bridgehead atoms. The minimum absolute atomic E-state index is 0.0232. The molecular formula is C23H21NO3. The van der Waals surface area contributed by atoms with E-state index in [0.717, 1.165) is 22.6 Å². The molecule has 1 aliphatic rings. The zero-order valence-electron chi connectivity index (χ0n) is 14.9. The fourth-order valence-corrected chi connectivity index (χ4v) is 3.08. The molecule has 1 N–H and O–H groups in total. The Morgan fingerprint density at radius 2 is 1.52 bits per heavy atom. The maximum Gasteiger partial charge on any atom is 0.224 e. The van der Waals surface area contributed by atoms with Crippen LogP contribution >= 0.6 is 0 Å². The van der Waals surface area contributed by atoms with E-state index in [1.165, 1.54) is 5.56 Å². The first-order valence-corrected chi connectivity index (χ1v) is 9.07. The predicted octanol–water partition coefficient (Wildman–Crippen LogP) is 3.85. The lowest BCUT2D eigenvalue weighted by molar-refractivity contribution is -0.120. The molecule has 1 aliphatic heterocycles. The molecule has 1 amide bonds. The van der Waals surface area contributed by atoms with Gasteiger partial charge >= 0.3 is 0 Å². The number of fused-ring (bicyclic) bond motifs is 1. The number of rotatable bonds is 5. The summed E-state index contributed by atoms with van der Waals surface area (Å²) in [4.78, 5) is 12.2. The second-order valence-electron chi connectivity index (χ2n) is 6.54. The molecule has 4 rings (SSSR count). The van der Waals surface area contributed by atoms with Gasteiger partial charge in [0.1, 0.15) is 12.7 Å². The molecule has 1 heterocycles. The van der Waals surface area contributed by atoms with Crippen LogP contribution in [0.5, 0.6) is 11.5 Å². The molecule has 0 radical (unpaired) electrons. The Bertz CT molecular complexity index is 906. The van der Waals surface area contributed by atoms with Crippen molar-refractivity contribution in [1.29, 1.82) is 0 Å². The quantitative estimate of drug-likeness (QED) is 0.753. The number of carbonyl (C=O) groups is 1. The Hall–Kier alpha value is -3.27. The molecule has 0 aliphatic carbocycles. The third kappa shape index (κ3) is 4.29.